The summed E-state index contributed by atoms with van der Waals surface area (Å²) in [5.41, 5.74) is 0. The van der Waals surface area contributed by atoms with Gasteiger partial charge in [0.15, 0.2) is 0 Å². The van der Waals surface area contributed by atoms with Crippen molar-refractivity contribution in [2.75, 3.05) is 25.1 Å². The van der Waals surface area contributed by atoms with Gasteiger partial charge in [0.25, 0.3) is 0 Å². The Morgan fingerprint density at radius 2 is 2.33 bits per heavy atom. The lowest BCUT2D eigenvalue weighted by Gasteiger charge is -2.08. The van der Waals surface area contributed by atoms with E-state index in [0.717, 1.165) is 23.4 Å². The predicted molar refractivity (Wildman–Crippen MR) is 63.9 cm³/mol. The number of anilines is 1. The van der Waals surface area contributed by atoms with Gasteiger partial charge in [-0.25, -0.2) is 9.97 Å². The summed E-state index contributed by atoms with van der Waals surface area (Å²) in [7, 11) is 0. The highest BCUT2D eigenvalue weighted by Crippen LogP contribution is 2.16. The second kappa shape index (κ2) is 6.74. The molecule has 4 nitrogen and oxygen atoms in total. The molecule has 1 aromatic rings. The second-order valence-electron chi connectivity index (χ2n) is 3.61. The molecular formula is C10H16BrN3O. The van der Waals surface area contributed by atoms with Gasteiger partial charge in [0.1, 0.15) is 12.1 Å². The Labute approximate surface area is 98.6 Å². The Morgan fingerprint density at radius 1 is 1.53 bits per heavy atom. The predicted octanol–water partition coefficient (Wildman–Crippen LogP) is 2.32. The van der Waals surface area contributed by atoms with E-state index >= 15 is 0 Å². The van der Waals surface area contributed by atoms with E-state index in [1.165, 1.54) is 6.33 Å². The fourth-order valence-electron chi connectivity index (χ4n) is 1.00. The van der Waals surface area contributed by atoms with Crippen molar-refractivity contribution in [2.24, 2.45) is 5.92 Å². The van der Waals surface area contributed by atoms with Crippen molar-refractivity contribution >= 4 is 21.7 Å². The van der Waals surface area contributed by atoms with E-state index in [0.29, 0.717) is 12.5 Å². The van der Waals surface area contributed by atoms with Crippen LogP contribution in [0.1, 0.15) is 13.8 Å². The third-order valence-electron chi connectivity index (χ3n) is 1.66. The standard InChI is InChI=1S/C10H16BrN3O/c1-8(2)6-15-4-3-13-10-9(11)5-12-7-14-10/h5,7-8H,3-4,6H2,1-2H3,(H,12,13,14). The normalized spacial score (nSPS) is 10.7. The summed E-state index contributed by atoms with van der Waals surface area (Å²) in [5.74, 6) is 1.38. The molecule has 0 aromatic carbocycles. The van der Waals surface area contributed by atoms with Crippen LogP contribution in [0.4, 0.5) is 5.82 Å². The molecule has 1 N–H and O–H groups in total. The van der Waals surface area contributed by atoms with Gasteiger partial charge in [0, 0.05) is 19.3 Å². The van der Waals surface area contributed by atoms with Crippen LogP contribution < -0.4 is 5.32 Å². The Balaban J connectivity index is 2.18. The first-order valence-corrected chi connectivity index (χ1v) is 5.76. The molecule has 1 aromatic heterocycles. The molecule has 0 saturated carbocycles. The first kappa shape index (κ1) is 12.4. The second-order valence-corrected chi connectivity index (χ2v) is 4.47. The van der Waals surface area contributed by atoms with Crippen molar-refractivity contribution in [1.82, 2.24) is 9.97 Å². The summed E-state index contributed by atoms with van der Waals surface area (Å²) in [6, 6.07) is 0. The van der Waals surface area contributed by atoms with Crippen LogP contribution in [0.25, 0.3) is 0 Å². The number of aromatic nitrogens is 2. The fourth-order valence-corrected chi connectivity index (χ4v) is 1.36. The van der Waals surface area contributed by atoms with Crippen molar-refractivity contribution in [3.8, 4) is 0 Å². The zero-order valence-corrected chi connectivity index (χ0v) is 10.6. The highest BCUT2D eigenvalue weighted by molar-refractivity contribution is 9.10. The van der Waals surface area contributed by atoms with Gasteiger partial charge < -0.3 is 10.1 Å². The first-order chi connectivity index (χ1) is 7.20. The summed E-state index contributed by atoms with van der Waals surface area (Å²) in [6.45, 7) is 6.51. The molecule has 0 bridgehead atoms. The molecule has 0 fully saturated rings. The molecule has 0 spiro atoms. The Bertz CT molecular complexity index is 294. The van der Waals surface area contributed by atoms with Crippen LogP contribution in [-0.4, -0.2) is 29.7 Å². The van der Waals surface area contributed by atoms with E-state index in [-0.39, 0.29) is 0 Å². The first-order valence-electron chi connectivity index (χ1n) is 4.97. The van der Waals surface area contributed by atoms with Gasteiger partial charge in [-0.1, -0.05) is 13.8 Å². The Kier molecular flexibility index (Phi) is 5.57. The minimum absolute atomic E-state index is 0.579. The SMILES string of the molecule is CC(C)COCCNc1ncncc1Br. The Morgan fingerprint density at radius 3 is 3.00 bits per heavy atom. The molecule has 0 saturated heterocycles. The van der Waals surface area contributed by atoms with Crippen molar-refractivity contribution in [2.45, 2.75) is 13.8 Å². The summed E-state index contributed by atoms with van der Waals surface area (Å²) in [5, 5.41) is 3.16. The molecule has 5 heteroatoms. The third kappa shape index (κ3) is 5.09. The number of nitrogens with zero attached hydrogens (tertiary/aromatic N) is 2. The summed E-state index contributed by atoms with van der Waals surface area (Å²) in [6.07, 6.45) is 3.23. The highest BCUT2D eigenvalue weighted by Gasteiger charge is 1.99. The van der Waals surface area contributed by atoms with Gasteiger partial charge in [-0.15, -0.1) is 0 Å². The number of ether oxygens (including phenoxy) is 1. The largest absolute Gasteiger partial charge is 0.379 e. The maximum absolute atomic E-state index is 5.44. The van der Waals surface area contributed by atoms with Gasteiger partial charge in [-0.2, -0.15) is 0 Å². The minimum Gasteiger partial charge on any atom is -0.379 e. The fraction of sp³-hybridized carbons (Fsp3) is 0.600. The molecule has 1 heterocycles. The van der Waals surface area contributed by atoms with Crippen molar-refractivity contribution in [3.05, 3.63) is 17.0 Å². The molecule has 0 radical (unpaired) electrons. The lowest BCUT2D eigenvalue weighted by molar-refractivity contribution is 0.118. The highest BCUT2D eigenvalue weighted by atomic mass is 79.9. The zero-order chi connectivity index (χ0) is 11.1. The molecule has 0 atom stereocenters. The van der Waals surface area contributed by atoms with E-state index in [1.807, 2.05) is 0 Å². The minimum atomic E-state index is 0.579. The number of hydrogen-bond donors (Lipinski definition) is 1. The molecule has 0 amide bonds. The van der Waals surface area contributed by atoms with Crippen molar-refractivity contribution in [3.63, 3.8) is 0 Å². The van der Waals surface area contributed by atoms with Crippen molar-refractivity contribution < 1.29 is 4.74 Å². The summed E-state index contributed by atoms with van der Waals surface area (Å²) in [4.78, 5) is 7.97. The lowest BCUT2D eigenvalue weighted by Crippen LogP contribution is -2.13. The number of rotatable bonds is 6. The summed E-state index contributed by atoms with van der Waals surface area (Å²) >= 11 is 3.36. The molecule has 1 rings (SSSR count). The molecular weight excluding hydrogens is 258 g/mol. The van der Waals surface area contributed by atoms with Gasteiger partial charge in [0.2, 0.25) is 0 Å². The topological polar surface area (TPSA) is 47.0 Å². The van der Waals surface area contributed by atoms with Gasteiger partial charge >= 0.3 is 0 Å². The maximum atomic E-state index is 5.44. The average molecular weight is 274 g/mol. The average Bonchev–Trinajstić information content (AvgIpc) is 2.20. The lowest BCUT2D eigenvalue weighted by atomic mass is 10.2. The van der Waals surface area contributed by atoms with Gasteiger partial charge in [0.05, 0.1) is 11.1 Å². The molecule has 84 valence electrons. The van der Waals surface area contributed by atoms with Crippen LogP contribution in [-0.2, 0) is 4.74 Å². The summed E-state index contributed by atoms with van der Waals surface area (Å²) < 4.78 is 6.30. The zero-order valence-electron chi connectivity index (χ0n) is 9.03. The van der Waals surface area contributed by atoms with Gasteiger partial charge in [-0.3, -0.25) is 0 Å². The molecule has 0 unspecified atom stereocenters. The number of halogens is 1. The van der Waals surface area contributed by atoms with E-state index in [4.69, 9.17) is 4.74 Å². The van der Waals surface area contributed by atoms with Crippen LogP contribution >= 0.6 is 15.9 Å². The number of nitrogens with one attached hydrogen (secondary N) is 1. The molecule has 0 aliphatic carbocycles. The quantitative estimate of drug-likeness (QED) is 0.809. The van der Waals surface area contributed by atoms with Gasteiger partial charge in [-0.05, 0) is 21.8 Å². The van der Waals surface area contributed by atoms with E-state index in [2.05, 4.69) is 45.1 Å². The molecule has 15 heavy (non-hydrogen) atoms. The maximum Gasteiger partial charge on any atom is 0.143 e. The Hall–Kier alpha value is -0.680. The van der Waals surface area contributed by atoms with Crippen LogP contribution in [0, 0.1) is 5.92 Å². The number of hydrogen-bond acceptors (Lipinski definition) is 4. The van der Waals surface area contributed by atoms with Crippen LogP contribution in [0.3, 0.4) is 0 Å². The third-order valence-corrected chi connectivity index (χ3v) is 2.24. The van der Waals surface area contributed by atoms with Crippen molar-refractivity contribution in [1.29, 1.82) is 0 Å². The molecule has 0 aliphatic rings. The molecule has 0 aliphatic heterocycles. The van der Waals surface area contributed by atoms with E-state index < -0.39 is 0 Å². The van der Waals surface area contributed by atoms with E-state index in [1.54, 1.807) is 6.20 Å². The van der Waals surface area contributed by atoms with Crippen LogP contribution in [0.2, 0.25) is 0 Å². The van der Waals surface area contributed by atoms with E-state index in [9.17, 15) is 0 Å². The van der Waals surface area contributed by atoms with Crippen LogP contribution in [0.15, 0.2) is 17.0 Å². The smallest absolute Gasteiger partial charge is 0.143 e. The van der Waals surface area contributed by atoms with Crippen LogP contribution in [0.5, 0.6) is 0 Å². The monoisotopic (exact) mass is 273 g/mol.